The number of hydrogen-bond acceptors (Lipinski definition) is 6. The molecule has 0 aliphatic carbocycles. The highest BCUT2D eigenvalue weighted by molar-refractivity contribution is 9.10. The van der Waals surface area contributed by atoms with Crippen molar-refractivity contribution in [2.45, 2.75) is 6.61 Å². The van der Waals surface area contributed by atoms with Crippen molar-refractivity contribution >= 4 is 21.8 Å². The van der Waals surface area contributed by atoms with Crippen LogP contribution in [0.2, 0.25) is 0 Å². The molecule has 0 fully saturated rings. The van der Waals surface area contributed by atoms with E-state index in [2.05, 4.69) is 26.2 Å². The Morgan fingerprint density at radius 2 is 2.00 bits per heavy atom. The summed E-state index contributed by atoms with van der Waals surface area (Å²) in [6.45, 7) is 0.284. The van der Waals surface area contributed by atoms with Gasteiger partial charge in [0.2, 0.25) is 11.6 Å². The summed E-state index contributed by atoms with van der Waals surface area (Å²) in [5, 5.41) is 11.8. The molecule has 1 aromatic carbocycles. The van der Waals surface area contributed by atoms with Crippen molar-refractivity contribution < 1.29 is 13.6 Å². The van der Waals surface area contributed by atoms with Gasteiger partial charge in [-0.05, 0) is 36.4 Å². The Balaban J connectivity index is 1.72. The molecule has 0 spiro atoms. The van der Waals surface area contributed by atoms with Crippen LogP contribution in [-0.2, 0) is 6.61 Å². The number of nitriles is 1. The Morgan fingerprint density at radius 1 is 1.22 bits per heavy atom. The first-order chi connectivity index (χ1) is 11.2. The lowest BCUT2D eigenvalue weighted by atomic mass is 10.3. The fourth-order valence-corrected chi connectivity index (χ4v) is 2.19. The number of benzene rings is 1. The zero-order valence-electron chi connectivity index (χ0n) is 12.2. The standard InChI is InChI=1S/C16H12BrN3O3/c1-19-15-13(8-18)20-16(23-15)14-7-6-12(22-14)9-21-11-4-2-10(17)3-5-11/h2-7,19H,9H2,1H3. The molecule has 2 aromatic heterocycles. The molecule has 0 aliphatic rings. The van der Waals surface area contributed by atoms with Gasteiger partial charge in [-0.2, -0.15) is 10.2 Å². The minimum atomic E-state index is 0.187. The highest BCUT2D eigenvalue weighted by Crippen LogP contribution is 2.27. The third-order valence-electron chi connectivity index (χ3n) is 3.03. The maximum atomic E-state index is 8.98. The summed E-state index contributed by atoms with van der Waals surface area (Å²) in [5.74, 6) is 2.38. The zero-order chi connectivity index (χ0) is 16.2. The normalized spacial score (nSPS) is 10.3. The number of anilines is 1. The van der Waals surface area contributed by atoms with E-state index in [-0.39, 0.29) is 18.2 Å². The van der Waals surface area contributed by atoms with E-state index >= 15 is 0 Å². The highest BCUT2D eigenvalue weighted by atomic mass is 79.9. The van der Waals surface area contributed by atoms with Crippen LogP contribution in [0.15, 0.2) is 49.7 Å². The number of halogens is 1. The third-order valence-corrected chi connectivity index (χ3v) is 3.56. The van der Waals surface area contributed by atoms with Crippen LogP contribution in [-0.4, -0.2) is 12.0 Å². The lowest BCUT2D eigenvalue weighted by molar-refractivity contribution is 0.271. The van der Waals surface area contributed by atoms with Crippen LogP contribution >= 0.6 is 15.9 Å². The maximum Gasteiger partial charge on any atom is 0.266 e. The molecule has 6 nitrogen and oxygen atoms in total. The molecule has 1 N–H and O–H groups in total. The number of nitrogens with one attached hydrogen (secondary N) is 1. The molecule has 0 unspecified atom stereocenters. The summed E-state index contributed by atoms with van der Waals surface area (Å²) in [6, 6.07) is 13.0. The quantitative estimate of drug-likeness (QED) is 0.721. The van der Waals surface area contributed by atoms with Gasteiger partial charge in [-0.25, -0.2) is 0 Å². The summed E-state index contributed by atoms with van der Waals surface area (Å²) in [6.07, 6.45) is 0. The van der Waals surface area contributed by atoms with Crippen molar-refractivity contribution in [2.75, 3.05) is 12.4 Å². The Morgan fingerprint density at radius 3 is 2.65 bits per heavy atom. The number of oxazole rings is 1. The maximum absolute atomic E-state index is 8.98. The van der Waals surface area contributed by atoms with Crippen LogP contribution in [0, 0.1) is 11.3 Å². The van der Waals surface area contributed by atoms with E-state index in [4.69, 9.17) is 18.8 Å². The van der Waals surface area contributed by atoms with Gasteiger partial charge in [-0.15, -0.1) is 0 Å². The summed E-state index contributed by atoms with van der Waals surface area (Å²) < 4.78 is 17.7. The van der Waals surface area contributed by atoms with Crippen molar-refractivity contribution in [2.24, 2.45) is 0 Å². The van der Waals surface area contributed by atoms with Crippen molar-refractivity contribution in [1.82, 2.24) is 4.98 Å². The molecule has 0 saturated carbocycles. The molecule has 3 aromatic rings. The Labute approximate surface area is 140 Å². The largest absolute Gasteiger partial charge is 0.486 e. The lowest BCUT2D eigenvalue weighted by Gasteiger charge is -2.03. The summed E-state index contributed by atoms with van der Waals surface area (Å²) in [4.78, 5) is 4.08. The van der Waals surface area contributed by atoms with Crippen LogP contribution in [0.1, 0.15) is 11.5 Å². The van der Waals surface area contributed by atoms with E-state index in [1.165, 1.54) is 0 Å². The number of rotatable bonds is 5. The lowest BCUT2D eigenvalue weighted by Crippen LogP contribution is -1.93. The molecule has 0 amide bonds. The Bertz CT molecular complexity index is 846. The summed E-state index contributed by atoms with van der Waals surface area (Å²) in [5.41, 5.74) is 0.187. The monoisotopic (exact) mass is 373 g/mol. The van der Waals surface area contributed by atoms with E-state index in [9.17, 15) is 0 Å². The molecule has 0 radical (unpaired) electrons. The van der Waals surface area contributed by atoms with Gasteiger partial charge >= 0.3 is 0 Å². The molecule has 0 saturated heterocycles. The van der Waals surface area contributed by atoms with E-state index in [0.717, 1.165) is 10.2 Å². The smallest absolute Gasteiger partial charge is 0.266 e. The van der Waals surface area contributed by atoms with Crippen LogP contribution < -0.4 is 10.1 Å². The van der Waals surface area contributed by atoms with Gasteiger partial charge in [-0.3, -0.25) is 0 Å². The average molecular weight is 374 g/mol. The van der Waals surface area contributed by atoms with E-state index < -0.39 is 0 Å². The second-order valence-corrected chi connectivity index (χ2v) is 5.48. The van der Waals surface area contributed by atoms with Gasteiger partial charge in [0.1, 0.15) is 24.2 Å². The minimum Gasteiger partial charge on any atom is -0.486 e. The second kappa shape index (κ2) is 6.58. The van der Waals surface area contributed by atoms with Crippen LogP contribution in [0.25, 0.3) is 11.7 Å². The third kappa shape index (κ3) is 3.38. The number of hydrogen-bond donors (Lipinski definition) is 1. The first kappa shape index (κ1) is 15.2. The molecular weight excluding hydrogens is 362 g/mol. The fourth-order valence-electron chi connectivity index (χ4n) is 1.93. The van der Waals surface area contributed by atoms with Gasteiger partial charge in [0.25, 0.3) is 5.89 Å². The van der Waals surface area contributed by atoms with Crippen molar-refractivity contribution in [3.8, 4) is 23.5 Å². The predicted molar refractivity (Wildman–Crippen MR) is 86.9 cm³/mol. The number of aromatic nitrogens is 1. The second-order valence-electron chi connectivity index (χ2n) is 4.57. The molecule has 0 bridgehead atoms. The Kier molecular flexibility index (Phi) is 4.35. The topological polar surface area (TPSA) is 84.2 Å². The predicted octanol–water partition coefficient (Wildman–Crippen LogP) is 4.19. The van der Waals surface area contributed by atoms with Gasteiger partial charge < -0.3 is 18.9 Å². The van der Waals surface area contributed by atoms with Crippen molar-refractivity contribution in [3.63, 3.8) is 0 Å². The molecule has 7 heteroatoms. The van der Waals surface area contributed by atoms with Gasteiger partial charge in [0, 0.05) is 11.5 Å². The van der Waals surface area contributed by atoms with Gasteiger partial charge in [0.15, 0.2) is 5.76 Å². The molecule has 116 valence electrons. The van der Waals surface area contributed by atoms with E-state index in [0.29, 0.717) is 17.4 Å². The molecular formula is C16H12BrN3O3. The molecule has 0 aliphatic heterocycles. The molecule has 3 rings (SSSR count). The zero-order valence-corrected chi connectivity index (χ0v) is 13.8. The molecule has 2 heterocycles. The first-order valence-electron chi connectivity index (χ1n) is 6.75. The number of nitrogens with zero attached hydrogens (tertiary/aromatic N) is 2. The van der Waals surface area contributed by atoms with Crippen LogP contribution in [0.3, 0.4) is 0 Å². The van der Waals surface area contributed by atoms with Crippen LogP contribution in [0.5, 0.6) is 5.75 Å². The van der Waals surface area contributed by atoms with E-state index in [1.807, 2.05) is 30.3 Å². The summed E-state index contributed by atoms with van der Waals surface area (Å²) in [7, 11) is 1.66. The Hall–Kier alpha value is -2.72. The number of ether oxygens (including phenoxy) is 1. The van der Waals surface area contributed by atoms with Crippen molar-refractivity contribution in [3.05, 3.63) is 52.3 Å². The minimum absolute atomic E-state index is 0.187. The summed E-state index contributed by atoms with van der Waals surface area (Å²) >= 11 is 3.37. The van der Waals surface area contributed by atoms with Gasteiger partial charge in [-0.1, -0.05) is 15.9 Å². The number of furan rings is 1. The van der Waals surface area contributed by atoms with Gasteiger partial charge in [0.05, 0.1) is 0 Å². The average Bonchev–Trinajstić information content (AvgIpc) is 3.20. The van der Waals surface area contributed by atoms with Crippen LogP contribution in [0.4, 0.5) is 5.88 Å². The first-order valence-corrected chi connectivity index (χ1v) is 7.55. The van der Waals surface area contributed by atoms with Crippen molar-refractivity contribution in [1.29, 1.82) is 5.26 Å². The fraction of sp³-hybridized carbons (Fsp3) is 0.125. The molecule has 23 heavy (non-hydrogen) atoms. The molecule has 0 atom stereocenters. The van der Waals surface area contributed by atoms with E-state index in [1.54, 1.807) is 19.2 Å². The SMILES string of the molecule is CNc1oc(-c2ccc(COc3ccc(Br)cc3)o2)nc1C#N. The highest BCUT2D eigenvalue weighted by Gasteiger charge is 2.16.